The van der Waals surface area contributed by atoms with Crippen molar-refractivity contribution in [3.8, 4) is 11.3 Å². The highest BCUT2D eigenvalue weighted by molar-refractivity contribution is 7.17. The smallest absolute Gasteiger partial charge is 0.116 e. The fourth-order valence-corrected chi connectivity index (χ4v) is 3.95. The summed E-state index contributed by atoms with van der Waals surface area (Å²) in [5.74, 6) is 0. The van der Waals surface area contributed by atoms with Crippen LogP contribution in [0.4, 0.5) is 0 Å². The molecule has 0 N–H and O–H groups in total. The minimum absolute atomic E-state index is 0.263. The second kappa shape index (κ2) is 5.47. The van der Waals surface area contributed by atoms with Crippen molar-refractivity contribution in [2.24, 2.45) is 5.41 Å². The van der Waals surface area contributed by atoms with Crippen LogP contribution in [-0.4, -0.2) is 9.97 Å². The van der Waals surface area contributed by atoms with Crippen LogP contribution < -0.4 is 0 Å². The fraction of sp³-hybridized carbons (Fsp3) is 0.368. The van der Waals surface area contributed by atoms with Gasteiger partial charge in [-0.25, -0.2) is 9.97 Å². The predicted octanol–water partition coefficient (Wildman–Crippen LogP) is 5.56. The lowest BCUT2D eigenvalue weighted by Crippen LogP contribution is -2.08. The average molecular weight is 310 g/mol. The van der Waals surface area contributed by atoms with Crippen LogP contribution in [0.1, 0.15) is 37.5 Å². The topological polar surface area (TPSA) is 25.8 Å². The number of hydrogen-bond acceptors (Lipinski definition) is 3. The number of aromatic nitrogens is 2. The Hall–Kier alpha value is -1.74. The highest BCUT2D eigenvalue weighted by atomic mass is 32.1. The fourth-order valence-electron chi connectivity index (χ4n) is 2.91. The molecule has 0 spiro atoms. The first-order valence-corrected chi connectivity index (χ1v) is 8.51. The van der Waals surface area contributed by atoms with E-state index in [1.807, 2.05) is 0 Å². The number of aryl methyl sites for hydroxylation is 2. The van der Waals surface area contributed by atoms with Crippen LogP contribution in [0, 0.1) is 19.3 Å². The summed E-state index contributed by atoms with van der Waals surface area (Å²) >= 11 is 1.76. The molecular weight excluding hydrogens is 288 g/mol. The van der Waals surface area contributed by atoms with Crippen molar-refractivity contribution in [2.75, 3.05) is 0 Å². The van der Waals surface area contributed by atoms with E-state index in [4.69, 9.17) is 0 Å². The summed E-state index contributed by atoms with van der Waals surface area (Å²) in [7, 11) is 0. The van der Waals surface area contributed by atoms with E-state index in [-0.39, 0.29) is 5.41 Å². The van der Waals surface area contributed by atoms with Gasteiger partial charge in [-0.15, -0.1) is 11.3 Å². The van der Waals surface area contributed by atoms with Gasteiger partial charge in [0.15, 0.2) is 0 Å². The molecule has 0 fully saturated rings. The highest BCUT2D eigenvalue weighted by Crippen LogP contribution is 2.35. The molecule has 0 unspecified atom stereocenters. The number of fused-ring (bicyclic) bond motifs is 1. The van der Waals surface area contributed by atoms with Gasteiger partial charge in [0.2, 0.25) is 0 Å². The average Bonchev–Trinajstić information content (AvgIpc) is 2.79. The summed E-state index contributed by atoms with van der Waals surface area (Å²) in [6, 6.07) is 6.61. The van der Waals surface area contributed by atoms with Gasteiger partial charge in [-0.1, -0.05) is 38.0 Å². The number of benzene rings is 1. The zero-order valence-electron chi connectivity index (χ0n) is 13.9. The molecule has 114 valence electrons. The Morgan fingerprint density at radius 3 is 2.32 bits per heavy atom. The normalized spacial score (nSPS) is 12.0. The Balaban J connectivity index is 2.16. The van der Waals surface area contributed by atoms with Crippen LogP contribution in [0.15, 0.2) is 29.9 Å². The molecular formula is C19H22N2S. The van der Waals surface area contributed by atoms with Crippen LogP contribution in [0.2, 0.25) is 0 Å². The van der Waals surface area contributed by atoms with Crippen molar-refractivity contribution in [2.45, 2.75) is 41.0 Å². The Kier molecular flexibility index (Phi) is 3.77. The molecule has 0 saturated heterocycles. The lowest BCUT2D eigenvalue weighted by atomic mass is 9.89. The van der Waals surface area contributed by atoms with Gasteiger partial charge < -0.3 is 0 Å². The molecule has 0 bridgehead atoms. The molecule has 22 heavy (non-hydrogen) atoms. The Bertz CT molecular complexity index is 805. The van der Waals surface area contributed by atoms with Crippen molar-refractivity contribution < 1.29 is 0 Å². The van der Waals surface area contributed by atoms with Gasteiger partial charge in [0.05, 0.1) is 15.9 Å². The van der Waals surface area contributed by atoms with E-state index in [0.29, 0.717) is 0 Å². The molecule has 3 rings (SSSR count). The minimum Gasteiger partial charge on any atom is -0.235 e. The van der Waals surface area contributed by atoms with Gasteiger partial charge in [0.25, 0.3) is 0 Å². The molecule has 2 heterocycles. The van der Waals surface area contributed by atoms with Gasteiger partial charge in [-0.2, -0.15) is 0 Å². The molecule has 0 aliphatic carbocycles. The summed E-state index contributed by atoms with van der Waals surface area (Å²) in [6.45, 7) is 11.1. The summed E-state index contributed by atoms with van der Waals surface area (Å²) in [6.07, 6.45) is 2.74. The van der Waals surface area contributed by atoms with E-state index < -0.39 is 0 Å². The summed E-state index contributed by atoms with van der Waals surface area (Å²) in [5.41, 5.74) is 7.50. The van der Waals surface area contributed by atoms with Gasteiger partial charge in [-0.3, -0.25) is 0 Å². The van der Waals surface area contributed by atoms with Crippen LogP contribution in [-0.2, 0) is 6.42 Å². The van der Waals surface area contributed by atoms with E-state index in [2.05, 4.69) is 68.2 Å². The summed E-state index contributed by atoms with van der Waals surface area (Å²) in [4.78, 5) is 9.12. The number of rotatable bonds is 2. The number of thiophene rings is 1. The standard InChI is InChI=1S/C19H22N2S/c1-12-6-13(2)8-14(7-12)16-18-17(21-11-20-16)15(10-22-18)9-19(3,4)5/h6-8,10-11H,9H2,1-5H3. The van der Waals surface area contributed by atoms with Gasteiger partial charge in [0, 0.05) is 5.56 Å². The van der Waals surface area contributed by atoms with Crippen molar-refractivity contribution in [3.63, 3.8) is 0 Å². The van der Waals surface area contributed by atoms with Crippen molar-refractivity contribution in [3.05, 3.63) is 46.6 Å². The molecule has 0 amide bonds. The first-order chi connectivity index (χ1) is 10.3. The number of hydrogen-bond donors (Lipinski definition) is 0. The largest absolute Gasteiger partial charge is 0.235 e. The summed E-state index contributed by atoms with van der Waals surface area (Å²) < 4.78 is 1.20. The lowest BCUT2D eigenvalue weighted by molar-refractivity contribution is 0.413. The minimum atomic E-state index is 0.263. The maximum absolute atomic E-state index is 4.57. The third-order valence-corrected chi connectivity index (χ3v) is 4.67. The zero-order chi connectivity index (χ0) is 15.9. The first-order valence-electron chi connectivity index (χ1n) is 7.63. The van der Waals surface area contributed by atoms with E-state index in [9.17, 15) is 0 Å². The van der Waals surface area contributed by atoms with Gasteiger partial charge in [0.1, 0.15) is 6.33 Å². The van der Waals surface area contributed by atoms with E-state index in [0.717, 1.165) is 17.6 Å². The zero-order valence-corrected chi connectivity index (χ0v) is 14.7. The Morgan fingerprint density at radius 2 is 1.68 bits per heavy atom. The first kappa shape index (κ1) is 15.2. The molecule has 0 aliphatic rings. The molecule has 3 heteroatoms. The molecule has 0 atom stereocenters. The van der Waals surface area contributed by atoms with E-state index in [1.165, 1.54) is 27.0 Å². The molecule has 0 saturated carbocycles. The van der Waals surface area contributed by atoms with Crippen molar-refractivity contribution in [1.82, 2.24) is 9.97 Å². The third kappa shape index (κ3) is 3.05. The van der Waals surface area contributed by atoms with Crippen LogP contribution in [0.5, 0.6) is 0 Å². The van der Waals surface area contributed by atoms with Crippen molar-refractivity contribution in [1.29, 1.82) is 0 Å². The Labute approximate surface area is 136 Å². The number of nitrogens with zero attached hydrogens (tertiary/aromatic N) is 2. The SMILES string of the molecule is Cc1cc(C)cc(-c2ncnc3c(CC(C)(C)C)csc23)c1. The maximum atomic E-state index is 4.57. The predicted molar refractivity (Wildman–Crippen MR) is 95.5 cm³/mol. The molecule has 0 radical (unpaired) electrons. The second-order valence-electron chi connectivity index (χ2n) is 7.27. The summed E-state index contributed by atoms with van der Waals surface area (Å²) in [5, 5.41) is 2.25. The second-order valence-corrected chi connectivity index (χ2v) is 8.15. The Morgan fingerprint density at radius 1 is 1.00 bits per heavy atom. The molecule has 2 aromatic heterocycles. The third-order valence-electron chi connectivity index (χ3n) is 3.64. The monoisotopic (exact) mass is 310 g/mol. The maximum Gasteiger partial charge on any atom is 0.116 e. The van der Waals surface area contributed by atoms with E-state index >= 15 is 0 Å². The van der Waals surface area contributed by atoms with E-state index in [1.54, 1.807) is 17.7 Å². The molecule has 1 aromatic carbocycles. The molecule has 0 aliphatic heterocycles. The highest BCUT2D eigenvalue weighted by Gasteiger charge is 2.17. The van der Waals surface area contributed by atoms with Crippen molar-refractivity contribution >= 4 is 21.6 Å². The lowest BCUT2D eigenvalue weighted by Gasteiger charge is -2.17. The van der Waals surface area contributed by atoms with Gasteiger partial charge in [-0.05, 0) is 48.8 Å². The molecule has 2 nitrogen and oxygen atoms in total. The van der Waals surface area contributed by atoms with Gasteiger partial charge >= 0.3 is 0 Å². The quantitative estimate of drug-likeness (QED) is 0.619. The van der Waals surface area contributed by atoms with Crippen LogP contribution in [0.3, 0.4) is 0 Å². The molecule has 3 aromatic rings. The van der Waals surface area contributed by atoms with Crippen LogP contribution >= 0.6 is 11.3 Å². The van der Waals surface area contributed by atoms with Crippen LogP contribution in [0.25, 0.3) is 21.5 Å².